The SMILES string of the molecule is CC1(C(=O)O)C=C(CCBr)C(C2CC2)=C(C(=O)O)C1c1ccc(F)cc1. The zero-order chi connectivity index (χ0) is 19.1. The molecule has 0 aliphatic heterocycles. The smallest absolute Gasteiger partial charge is 0.332 e. The van der Waals surface area contributed by atoms with E-state index in [9.17, 15) is 24.2 Å². The lowest BCUT2D eigenvalue weighted by atomic mass is 9.63. The number of benzene rings is 1. The predicted molar refractivity (Wildman–Crippen MR) is 98.8 cm³/mol. The highest BCUT2D eigenvalue weighted by Gasteiger charge is 2.50. The van der Waals surface area contributed by atoms with E-state index in [1.54, 1.807) is 13.0 Å². The van der Waals surface area contributed by atoms with Gasteiger partial charge in [0, 0.05) is 16.8 Å². The minimum Gasteiger partial charge on any atom is -0.481 e. The number of hydrogen-bond acceptors (Lipinski definition) is 2. The molecule has 1 aromatic carbocycles. The van der Waals surface area contributed by atoms with Crippen LogP contribution in [0.3, 0.4) is 0 Å². The van der Waals surface area contributed by atoms with E-state index < -0.39 is 29.1 Å². The molecular formula is C20H20BrFO4. The van der Waals surface area contributed by atoms with Crippen molar-refractivity contribution in [2.45, 2.75) is 32.1 Å². The Morgan fingerprint density at radius 1 is 1.23 bits per heavy atom. The summed E-state index contributed by atoms with van der Waals surface area (Å²) < 4.78 is 13.4. The Morgan fingerprint density at radius 3 is 2.31 bits per heavy atom. The molecule has 0 bridgehead atoms. The van der Waals surface area contributed by atoms with Crippen LogP contribution in [0.1, 0.15) is 37.7 Å². The number of allylic oxidation sites excluding steroid dienone is 2. The molecule has 0 spiro atoms. The molecule has 1 saturated carbocycles. The zero-order valence-electron chi connectivity index (χ0n) is 14.3. The van der Waals surface area contributed by atoms with Gasteiger partial charge in [-0.25, -0.2) is 9.18 Å². The Kier molecular flexibility index (Phi) is 5.06. The van der Waals surface area contributed by atoms with Gasteiger partial charge >= 0.3 is 11.9 Å². The second-order valence-corrected chi connectivity index (χ2v) is 7.88. The summed E-state index contributed by atoms with van der Waals surface area (Å²) >= 11 is 3.38. The van der Waals surface area contributed by atoms with E-state index in [2.05, 4.69) is 15.9 Å². The number of halogens is 2. The van der Waals surface area contributed by atoms with Crippen molar-refractivity contribution in [1.82, 2.24) is 0 Å². The van der Waals surface area contributed by atoms with Crippen molar-refractivity contribution in [2.24, 2.45) is 11.3 Å². The molecule has 1 aromatic rings. The van der Waals surface area contributed by atoms with Gasteiger partial charge in [-0.2, -0.15) is 0 Å². The van der Waals surface area contributed by atoms with Crippen molar-refractivity contribution in [3.8, 4) is 0 Å². The lowest BCUT2D eigenvalue weighted by molar-refractivity contribution is -0.146. The van der Waals surface area contributed by atoms with Crippen molar-refractivity contribution >= 4 is 27.9 Å². The standard InChI is InChI=1S/C20H20BrFO4/c1-20(19(25)26)10-13(8-9-21)15(11-2-3-11)16(18(23)24)17(20)12-4-6-14(22)7-5-12/h4-7,10-11,17H,2-3,8-9H2,1H3,(H,23,24)(H,25,26). The molecule has 1 fully saturated rings. The average Bonchev–Trinajstić information content (AvgIpc) is 3.40. The highest BCUT2D eigenvalue weighted by atomic mass is 79.9. The number of hydrogen-bond donors (Lipinski definition) is 2. The topological polar surface area (TPSA) is 74.6 Å². The predicted octanol–water partition coefficient (Wildman–Crippen LogP) is 4.52. The number of alkyl halides is 1. The van der Waals surface area contributed by atoms with Crippen LogP contribution in [-0.2, 0) is 9.59 Å². The van der Waals surface area contributed by atoms with Gasteiger partial charge in [-0.15, -0.1) is 0 Å². The van der Waals surface area contributed by atoms with Crippen molar-refractivity contribution in [2.75, 3.05) is 5.33 Å². The summed E-state index contributed by atoms with van der Waals surface area (Å²) in [5, 5.41) is 20.6. The fourth-order valence-corrected chi connectivity index (χ4v) is 4.33. The third kappa shape index (κ3) is 3.22. The maximum Gasteiger partial charge on any atom is 0.332 e. The summed E-state index contributed by atoms with van der Waals surface area (Å²) in [6, 6.07) is 5.45. The minimum absolute atomic E-state index is 0.141. The summed E-state index contributed by atoms with van der Waals surface area (Å²) in [5.41, 5.74) is 0.792. The second kappa shape index (κ2) is 6.99. The van der Waals surface area contributed by atoms with E-state index in [1.165, 1.54) is 24.3 Å². The molecule has 2 aliphatic rings. The molecule has 26 heavy (non-hydrogen) atoms. The van der Waals surface area contributed by atoms with Crippen LogP contribution in [0.4, 0.5) is 4.39 Å². The van der Waals surface area contributed by atoms with Crippen LogP contribution < -0.4 is 0 Å². The van der Waals surface area contributed by atoms with Crippen LogP contribution in [0.25, 0.3) is 0 Å². The van der Waals surface area contributed by atoms with Gasteiger partial charge < -0.3 is 10.2 Å². The van der Waals surface area contributed by atoms with E-state index in [4.69, 9.17) is 0 Å². The van der Waals surface area contributed by atoms with Crippen LogP contribution in [0.15, 0.2) is 47.1 Å². The van der Waals surface area contributed by atoms with Gasteiger partial charge in [0.05, 0.1) is 5.41 Å². The minimum atomic E-state index is -1.42. The summed E-state index contributed by atoms with van der Waals surface area (Å²) in [6.07, 6.45) is 4.10. The maximum absolute atomic E-state index is 13.4. The van der Waals surface area contributed by atoms with Gasteiger partial charge in [0.2, 0.25) is 0 Å². The molecule has 4 nitrogen and oxygen atoms in total. The maximum atomic E-state index is 13.4. The molecule has 0 radical (unpaired) electrons. The Balaban J connectivity index is 2.27. The first-order valence-corrected chi connectivity index (χ1v) is 9.66. The highest BCUT2D eigenvalue weighted by Crippen LogP contribution is 2.54. The Morgan fingerprint density at radius 2 is 1.85 bits per heavy atom. The summed E-state index contributed by atoms with van der Waals surface area (Å²) in [4.78, 5) is 24.4. The first kappa shape index (κ1) is 18.8. The molecule has 2 unspecified atom stereocenters. The average molecular weight is 423 g/mol. The van der Waals surface area contributed by atoms with Gasteiger partial charge in [-0.3, -0.25) is 4.79 Å². The van der Waals surface area contributed by atoms with E-state index in [1.807, 2.05) is 0 Å². The van der Waals surface area contributed by atoms with Gasteiger partial charge in [0.25, 0.3) is 0 Å². The van der Waals surface area contributed by atoms with Gasteiger partial charge in [0.1, 0.15) is 5.82 Å². The fourth-order valence-electron chi connectivity index (χ4n) is 3.91. The summed E-state index contributed by atoms with van der Waals surface area (Å²) in [6.45, 7) is 1.55. The number of carboxylic acids is 2. The molecule has 0 saturated heterocycles. The van der Waals surface area contributed by atoms with Crippen LogP contribution >= 0.6 is 15.9 Å². The van der Waals surface area contributed by atoms with Crippen molar-refractivity contribution < 1.29 is 24.2 Å². The van der Waals surface area contributed by atoms with Crippen LogP contribution in [0.2, 0.25) is 0 Å². The lowest BCUT2D eigenvalue weighted by Crippen LogP contribution is -2.39. The van der Waals surface area contributed by atoms with Gasteiger partial charge in [-0.1, -0.05) is 34.1 Å². The van der Waals surface area contributed by atoms with Crippen LogP contribution in [0.5, 0.6) is 0 Å². The van der Waals surface area contributed by atoms with Gasteiger partial charge in [-0.05, 0) is 60.9 Å². The van der Waals surface area contributed by atoms with E-state index in [0.717, 1.165) is 24.0 Å². The zero-order valence-corrected chi connectivity index (χ0v) is 15.9. The third-order valence-corrected chi connectivity index (χ3v) is 5.64. The number of carboxylic acid groups (broad SMARTS) is 2. The number of aliphatic carboxylic acids is 2. The van der Waals surface area contributed by atoms with Crippen LogP contribution in [0, 0.1) is 17.2 Å². The van der Waals surface area contributed by atoms with Crippen LogP contribution in [-0.4, -0.2) is 27.5 Å². The molecule has 2 aliphatic carbocycles. The van der Waals surface area contributed by atoms with Crippen molar-refractivity contribution in [3.63, 3.8) is 0 Å². The molecule has 0 aromatic heterocycles. The molecule has 6 heteroatoms. The Hall–Kier alpha value is -1.95. The highest BCUT2D eigenvalue weighted by molar-refractivity contribution is 9.09. The van der Waals surface area contributed by atoms with E-state index >= 15 is 0 Å². The lowest BCUT2D eigenvalue weighted by Gasteiger charge is -2.38. The first-order valence-electron chi connectivity index (χ1n) is 8.54. The largest absolute Gasteiger partial charge is 0.481 e. The summed E-state index contributed by atoms with van der Waals surface area (Å²) in [5.74, 6) is -3.35. The number of rotatable bonds is 6. The second-order valence-electron chi connectivity index (χ2n) is 7.09. The quantitative estimate of drug-likeness (QED) is 0.660. The molecule has 0 amide bonds. The molecule has 2 atom stereocenters. The molecule has 138 valence electrons. The fraction of sp³-hybridized carbons (Fsp3) is 0.400. The van der Waals surface area contributed by atoms with E-state index in [0.29, 0.717) is 17.3 Å². The molecule has 2 N–H and O–H groups in total. The van der Waals surface area contributed by atoms with Crippen molar-refractivity contribution in [1.29, 1.82) is 0 Å². The monoisotopic (exact) mass is 422 g/mol. The summed E-state index contributed by atoms with van der Waals surface area (Å²) in [7, 11) is 0. The van der Waals surface area contributed by atoms with E-state index in [-0.39, 0.29) is 11.5 Å². The Bertz CT molecular complexity index is 808. The normalized spacial score (nSPS) is 25.8. The van der Waals surface area contributed by atoms with Crippen molar-refractivity contribution in [3.05, 3.63) is 58.4 Å². The third-order valence-electron chi connectivity index (χ3n) is 5.24. The molecule has 3 rings (SSSR count). The molecular weight excluding hydrogens is 403 g/mol. The molecule has 0 heterocycles. The number of carbonyl (C=O) groups is 2. The first-order chi connectivity index (χ1) is 12.3. The Labute approximate surface area is 159 Å². The van der Waals surface area contributed by atoms with Gasteiger partial charge in [0.15, 0.2) is 0 Å².